The van der Waals surface area contributed by atoms with E-state index in [2.05, 4.69) is 4.99 Å². The molecule has 2 aliphatic rings. The Morgan fingerprint density at radius 2 is 1.55 bits per heavy atom. The van der Waals surface area contributed by atoms with Crippen molar-refractivity contribution in [1.29, 1.82) is 0 Å². The first-order chi connectivity index (χ1) is 19.0. The van der Waals surface area contributed by atoms with Gasteiger partial charge in [-0.2, -0.15) is 13.2 Å². The molecule has 0 radical (unpaired) electrons. The van der Waals surface area contributed by atoms with Crippen LogP contribution in [0.2, 0.25) is 0 Å². The third-order valence-electron chi connectivity index (χ3n) is 7.20. The number of piperazine rings is 1. The second-order valence-corrected chi connectivity index (χ2v) is 9.72. The first-order valence-corrected chi connectivity index (χ1v) is 12.5. The van der Waals surface area contributed by atoms with Crippen LogP contribution in [0.4, 0.5) is 13.2 Å². The summed E-state index contributed by atoms with van der Waals surface area (Å²) < 4.78 is 41.7. The Morgan fingerprint density at radius 1 is 0.950 bits per heavy atom. The Balaban J connectivity index is 1.51. The lowest BCUT2D eigenvalue weighted by Gasteiger charge is -2.32. The molecule has 206 valence electrons. The molecule has 8 nitrogen and oxygen atoms in total. The number of aliphatic imine (C=N–C) groups is 1. The molecule has 1 saturated heterocycles. The number of carbonyl (C=O) groups is 3. The maximum absolute atomic E-state index is 14.0. The molecule has 2 N–H and O–H groups in total. The van der Waals surface area contributed by atoms with Crippen molar-refractivity contribution in [3.8, 4) is 0 Å². The molecule has 0 bridgehead atoms. The summed E-state index contributed by atoms with van der Waals surface area (Å²) in [5.41, 5.74) is 4.49. The Labute approximate surface area is 228 Å². The predicted octanol–water partition coefficient (Wildman–Crippen LogP) is 3.22. The van der Waals surface area contributed by atoms with Crippen LogP contribution in [0.15, 0.2) is 83.9 Å². The number of benzene rings is 3. The van der Waals surface area contributed by atoms with Crippen LogP contribution in [0.1, 0.15) is 32.6 Å². The minimum absolute atomic E-state index is 0.101. The first kappa shape index (κ1) is 26.9. The number of amides is 3. The maximum atomic E-state index is 14.0. The summed E-state index contributed by atoms with van der Waals surface area (Å²) in [6.07, 6.45) is -4.81. The van der Waals surface area contributed by atoms with Gasteiger partial charge in [0.25, 0.3) is 11.8 Å². The Bertz CT molecular complexity index is 1450. The molecular weight excluding hydrogens is 523 g/mol. The summed E-state index contributed by atoms with van der Waals surface area (Å²) in [4.78, 5) is 47.7. The highest BCUT2D eigenvalue weighted by Gasteiger charge is 2.50. The van der Waals surface area contributed by atoms with Crippen molar-refractivity contribution in [3.63, 3.8) is 0 Å². The van der Waals surface area contributed by atoms with Crippen molar-refractivity contribution in [2.75, 3.05) is 26.7 Å². The van der Waals surface area contributed by atoms with E-state index in [1.54, 1.807) is 67.7 Å². The highest BCUT2D eigenvalue weighted by molar-refractivity contribution is 6.09. The van der Waals surface area contributed by atoms with Gasteiger partial charge in [-0.05, 0) is 28.8 Å². The zero-order chi connectivity index (χ0) is 28.7. The van der Waals surface area contributed by atoms with Gasteiger partial charge in [-0.1, -0.05) is 66.7 Å². The van der Waals surface area contributed by atoms with Gasteiger partial charge >= 0.3 is 6.18 Å². The number of rotatable bonds is 5. The Kier molecular flexibility index (Phi) is 6.82. The van der Waals surface area contributed by atoms with Crippen LogP contribution in [0.3, 0.4) is 0 Å². The molecule has 0 atom stereocenters. The average Bonchev–Trinajstić information content (AvgIpc) is 3.20. The fourth-order valence-corrected chi connectivity index (χ4v) is 5.03. The molecule has 2 aliphatic heterocycles. The molecule has 0 aromatic heterocycles. The van der Waals surface area contributed by atoms with E-state index in [4.69, 9.17) is 5.73 Å². The number of carbonyl (C=O) groups excluding carboxylic acids is 3. The van der Waals surface area contributed by atoms with Gasteiger partial charge in [0.15, 0.2) is 11.5 Å². The van der Waals surface area contributed by atoms with Crippen molar-refractivity contribution in [1.82, 2.24) is 14.7 Å². The zero-order valence-corrected chi connectivity index (χ0v) is 21.6. The fraction of sp³-hybridized carbons (Fsp3) is 0.241. The number of hydrogen-bond acceptors (Lipinski definition) is 5. The van der Waals surface area contributed by atoms with Crippen LogP contribution in [-0.4, -0.2) is 65.1 Å². The van der Waals surface area contributed by atoms with Crippen LogP contribution in [0.25, 0.3) is 0 Å². The lowest BCUT2D eigenvalue weighted by molar-refractivity contribution is -0.138. The lowest BCUT2D eigenvalue weighted by Crippen LogP contribution is -2.50. The molecule has 11 heteroatoms. The van der Waals surface area contributed by atoms with Crippen molar-refractivity contribution in [3.05, 3.63) is 107 Å². The van der Waals surface area contributed by atoms with E-state index in [9.17, 15) is 27.6 Å². The van der Waals surface area contributed by atoms with E-state index >= 15 is 0 Å². The number of nitrogens with zero attached hydrogens (tertiary/aromatic N) is 4. The van der Waals surface area contributed by atoms with Crippen LogP contribution >= 0.6 is 0 Å². The summed E-state index contributed by atoms with van der Waals surface area (Å²) in [6, 6.07) is 20.9. The van der Waals surface area contributed by atoms with E-state index in [1.165, 1.54) is 15.9 Å². The number of halogens is 3. The predicted molar refractivity (Wildman–Crippen MR) is 141 cm³/mol. The third-order valence-corrected chi connectivity index (χ3v) is 7.20. The molecule has 40 heavy (non-hydrogen) atoms. The van der Waals surface area contributed by atoms with E-state index in [0.29, 0.717) is 11.1 Å². The summed E-state index contributed by atoms with van der Waals surface area (Å²) in [6.45, 7) is -0.223. The van der Waals surface area contributed by atoms with Gasteiger partial charge in [0, 0.05) is 20.1 Å². The van der Waals surface area contributed by atoms with Crippen molar-refractivity contribution in [2.24, 2.45) is 10.7 Å². The number of nitrogens with two attached hydrogens (primary N) is 1. The smallest absolute Gasteiger partial charge is 0.369 e. The van der Waals surface area contributed by atoms with Gasteiger partial charge in [0.1, 0.15) is 6.54 Å². The Morgan fingerprint density at radius 3 is 2.10 bits per heavy atom. The summed E-state index contributed by atoms with van der Waals surface area (Å²) in [7, 11) is 1.57. The van der Waals surface area contributed by atoms with Crippen LogP contribution < -0.4 is 5.73 Å². The highest BCUT2D eigenvalue weighted by atomic mass is 19.4. The summed E-state index contributed by atoms with van der Waals surface area (Å²) in [5, 5.41) is 0. The normalized spacial score (nSPS) is 17.3. The van der Waals surface area contributed by atoms with Gasteiger partial charge in [-0.3, -0.25) is 19.3 Å². The van der Waals surface area contributed by atoms with E-state index in [-0.39, 0.29) is 43.6 Å². The molecule has 0 unspecified atom stereocenters. The molecule has 3 aromatic carbocycles. The van der Waals surface area contributed by atoms with Gasteiger partial charge in [0.05, 0.1) is 17.7 Å². The van der Waals surface area contributed by atoms with E-state index in [0.717, 1.165) is 17.0 Å². The summed E-state index contributed by atoms with van der Waals surface area (Å²) in [5.74, 6) is -1.85. The molecule has 1 fully saturated rings. The fourth-order valence-electron chi connectivity index (χ4n) is 5.03. The molecule has 2 heterocycles. The van der Waals surface area contributed by atoms with E-state index < -0.39 is 34.7 Å². The number of alkyl halides is 3. The lowest BCUT2D eigenvalue weighted by atomic mass is 9.83. The number of guanidine groups is 1. The number of likely N-dealkylation sites (N-methyl/N-ethyl adjacent to an activating group) is 1. The van der Waals surface area contributed by atoms with Gasteiger partial charge in [-0.25, -0.2) is 4.99 Å². The van der Waals surface area contributed by atoms with Gasteiger partial charge < -0.3 is 15.5 Å². The first-order valence-electron chi connectivity index (χ1n) is 12.5. The second-order valence-electron chi connectivity index (χ2n) is 9.72. The topological polar surface area (TPSA) is 99.3 Å². The SMILES string of the molecule is CN1CCN(C(=O)c2cc(CN3C(=O)C(c4ccccc4)(c4ccccc4)N=C3N)ccc2C(F)(F)F)CC1=O. The maximum Gasteiger partial charge on any atom is 0.417 e. The van der Waals surface area contributed by atoms with Gasteiger partial charge in [0.2, 0.25) is 5.91 Å². The molecule has 5 rings (SSSR count). The molecule has 0 saturated carbocycles. The number of hydrogen-bond donors (Lipinski definition) is 1. The quantitative estimate of drug-likeness (QED) is 0.529. The molecule has 0 aliphatic carbocycles. The molecule has 3 aromatic rings. The summed E-state index contributed by atoms with van der Waals surface area (Å²) >= 11 is 0. The monoisotopic (exact) mass is 549 g/mol. The van der Waals surface area contributed by atoms with Crippen molar-refractivity contribution in [2.45, 2.75) is 18.3 Å². The van der Waals surface area contributed by atoms with E-state index in [1.807, 2.05) is 0 Å². The highest BCUT2D eigenvalue weighted by Crippen LogP contribution is 2.40. The van der Waals surface area contributed by atoms with Crippen molar-refractivity contribution >= 4 is 23.7 Å². The zero-order valence-electron chi connectivity index (χ0n) is 21.6. The van der Waals surface area contributed by atoms with Crippen LogP contribution in [-0.2, 0) is 27.8 Å². The minimum Gasteiger partial charge on any atom is -0.369 e. The average molecular weight is 550 g/mol. The Hall–Kier alpha value is -4.67. The third kappa shape index (κ3) is 4.67. The largest absolute Gasteiger partial charge is 0.417 e. The van der Waals surface area contributed by atoms with Crippen LogP contribution in [0.5, 0.6) is 0 Å². The molecule has 3 amide bonds. The van der Waals surface area contributed by atoms with Gasteiger partial charge in [-0.15, -0.1) is 0 Å². The molecule has 0 spiro atoms. The molecular formula is C29H26F3N5O3. The second kappa shape index (κ2) is 10.1. The minimum atomic E-state index is -4.81. The van der Waals surface area contributed by atoms with Crippen molar-refractivity contribution < 1.29 is 27.6 Å². The standard InChI is InChI=1S/C29H26F3N5O3/c1-35-14-15-36(18-24(35)38)25(39)22-16-19(12-13-23(22)29(30,31)32)17-37-26(40)28(34-27(37)33,20-8-4-2-5-9-20)21-10-6-3-7-11-21/h2-13,16H,14-15,17-18H2,1H3,(H2,33,34). The van der Waals surface area contributed by atoms with Crippen LogP contribution in [0, 0.1) is 0 Å².